The second-order valence-electron chi connectivity index (χ2n) is 6.00. The predicted molar refractivity (Wildman–Crippen MR) is 83.0 cm³/mol. The molecular weight excluding hydrogens is 276 g/mol. The molecule has 4 nitrogen and oxygen atoms in total. The van der Waals surface area contributed by atoms with E-state index in [1.165, 1.54) is 38.5 Å². The average Bonchev–Trinajstić information content (AvgIpc) is 3.09. The molecule has 0 aromatic carbocycles. The van der Waals surface area contributed by atoms with E-state index >= 15 is 0 Å². The Morgan fingerprint density at radius 2 is 1.90 bits per heavy atom. The average molecular weight is 305 g/mol. The second-order valence-corrected chi connectivity index (χ2v) is 6.00. The van der Waals surface area contributed by atoms with E-state index in [1.807, 2.05) is 0 Å². The molecule has 1 amide bonds. The highest BCUT2D eigenvalue weighted by Gasteiger charge is 2.29. The van der Waals surface area contributed by atoms with E-state index in [9.17, 15) is 4.79 Å². The van der Waals surface area contributed by atoms with Gasteiger partial charge in [0.1, 0.15) is 6.10 Å². The number of amides is 1. The molecular formula is C15H29ClN2O2. The third-order valence-corrected chi connectivity index (χ3v) is 4.48. The van der Waals surface area contributed by atoms with E-state index in [4.69, 9.17) is 10.5 Å². The summed E-state index contributed by atoms with van der Waals surface area (Å²) in [7, 11) is 0. The van der Waals surface area contributed by atoms with Crippen LogP contribution in [-0.4, -0.2) is 31.2 Å². The van der Waals surface area contributed by atoms with E-state index in [0.717, 1.165) is 31.7 Å². The lowest BCUT2D eigenvalue weighted by molar-refractivity contribution is -0.131. The normalized spacial score (nSPS) is 26.4. The van der Waals surface area contributed by atoms with Crippen molar-refractivity contribution < 1.29 is 9.53 Å². The standard InChI is InChI=1S/C15H28N2O2.ClH/c16-11-13-8-9-14(19-13)15(18)17-10-4-3-7-12-5-1-2-6-12;/h12-14H,1-11,16H2,(H,17,18);1H/t13-,14+;/m1./s1. The summed E-state index contributed by atoms with van der Waals surface area (Å²) >= 11 is 0. The number of nitrogens with one attached hydrogen (secondary N) is 1. The molecule has 2 aliphatic rings. The molecule has 0 unspecified atom stereocenters. The Bertz CT molecular complexity index is 283. The summed E-state index contributed by atoms with van der Waals surface area (Å²) in [6.45, 7) is 1.31. The summed E-state index contributed by atoms with van der Waals surface area (Å²) < 4.78 is 5.57. The van der Waals surface area contributed by atoms with Gasteiger partial charge in [0.15, 0.2) is 0 Å². The summed E-state index contributed by atoms with van der Waals surface area (Å²) in [5.74, 6) is 1.01. The van der Waals surface area contributed by atoms with Crippen LogP contribution in [0.15, 0.2) is 0 Å². The summed E-state index contributed by atoms with van der Waals surface area (Å²) in [4.78, 5) is 11.8. The van der Waals surface area contributed by atoms with Crippen molar-refractivity contribution in [3.8, 4) is 0 Å². The lowest BCUT2D eigenvalue weighted by Crippen LogP contribution is -2.36. The Morgan fingerprint density at radius 3 is 2.55 bits per heavy atom. The summed E-state index contributed by atoms with van der Waals surface area (Å²) in [5.41, 5.74) is 5.54. The number of carbonyl (C=O) groups excluding carboxylic acids is 1. The van der Waals surface area contributed by atoms with Gasteiger partial charge >= 0.3 is 0 Å². The van der Waals surface area contributed by atoms with Gasteiger partial charge in [-0.05, 0) is 25.2 Å². The maximum absolute atomic E-state index is 11.8. The fraction of sp³-hybridized carbons (Fsp3) is 0.933. The largest absolute Gasteiger partial charge is 0.364 e. The molecule has 1 saturated heterocycles. The highest BCUT2D eigenvalue weighted by atomic mass is 35.5. The number of nitrogens with two attached hydrogens (primary N) is 1. The van der Waals surface area contributed by atoms with Gasteiger partial charge in [0.25, 0.3) is 0 Å². The van der Waals surface area contributed by atoms with Crippen LogP contribution in [0.2, 0.25) is 0 Å². The number of carbonyl (C=O) groups is 1. The van der Waals surface area contributed by atoms with Crippen LogP contribution in [0.25, 0.3) is 0 Å². The van der Waals surface area contributed by atoms with Gasteiger partial charge in [-0.25, -0.2) is 0 Å². The molecule has 0 bridgehead atoms. The van der Waals surface area contributed by atoms with Gasteiger partial charge < -0.3 is 15.8 Å². The van der Waals surface area contributed by atoms with Crippen molar-refractivity contribution in [1.82, 2.24) is 5.32 Å². The fourth-order valence-electron chi connectivity index (χ4n) is 3.25. The zero-order valence-corrected chi connectivity index (χ0v) is 13.1. The van der Waals surface area contributed by atoms with E-state index in [2.05, 4.69) is 5.32 Å². The quantitative estimate of drug-likeness (QED) is 0.710. The van der Waals surface area contributed by atoms with Crippen LogP contribution >= 0.6 is 12.4 Å². The Hall–Kier alpha value is -0.320. The van der Waals surface area contributed by atoms with Gasteiger partial charge in [-0.3, -0.25) is 4.79 Å². The third kappa shape index (κ3) is 5.58. The first-order chi connectivity index (χ1) is 9.29. The number of hydrogen-bond donors (Lipinski definition) is 2. The Morgan fingerprint density at radius 1 is 1.15 bits per heavy atom. The number of unbranched alkanes of at least 4 members (excludes halogenated alkanes) is 1. The minimum absolute atomic E-state index is 0. The van der Waals surface area contributed by atoms with E-state index in [1.54, 1.807) is 0 Å². The van der Waals surface area contributed by atoms with Crippen molar-refractivity contribution >= 4 is 18.3 Å². The highest BCUT2D eigenvalue weighted by molar-refractivity contribution is 5.85. The molecule has 0 aromatic rings. The van der Waals surface area contributed by atoms with Gasteiger partial charge in [-0.15, -0.1) is 12.4 Å². The molecule has 3 N–H and O–H groups in total. The maximum Gasteiger partial charge on any atom is 0.249 e. The summed E-state index contributed by atoms with van der Waals surface area (Å²) in [6, 6.07) is 0. The first-order valence-corrected chi connectivity index (χ1v) is 7.93. The predicted octanol–water partition coefficient (Wildman–Crippen LogP) is 2.39. The smallest absolute Gasteiger partial charge is 0.249 e. The van der Waals surface area contributed by atoms with E-state index in [0.29, 0.717) is 6.54 Å². The van der Waals surface area contributed by atoms with Crippen molar-refractivity contribution in [2.24, 2.45) is 11.7 Å². The minimum atomic E-state index is -0.261. The van der Waals surface area contributed by atoms with Gasteiger partial charge in [0, 0.05) is 13.1 Å². The van der Waals surface area contributed by atoms with E-state index < -0.39 is 0 Å². The van der Waals surface area contributed by atoms with Crippen molar-refractivity contribution in [2.75, 3.05) is 13.1 Å². The second kappa shape index (κ2) is 9.59. The van der Waals surface area contributed by atoms with Gasteiger partial charge in [0.05, 0.1) is 6.10 Å². The maximum atomic E-state index is 11.8. The molecule has 2 rings (SSSR count). The lowest BCUT2D eigenvalue weighted by atomic mass is 10.0. The van der Waals surface area contributed by atoms with Crippen LogP contribution in [0, 0.1) is 5.92 Å². The molecule has 1 aliphatic carbocycles. The minimum Gasteiger partial charge on any atom is -0.364 e. The van der Waals surface area contributed by atoms with Crippen LogP contribution < -0.4 is 11.1 Å². The molecule has 2 fully saturated rings. The molecule has 0 spiro atoms. The fourth-order valence-corrected chi connectivity index (χ4v) is 3.25. The molecule has 1 saturated carbocycles. The highest BCUT2D eigenvalue weighted by Crippen LogP contribution is 2.28. The van der Waals surface area contributed by atoms with Gasteiger partial charge in [0.2, 0.25) is 5.91 Å². The van der Waals surface area contributed by atoms with E-state index in [-0.39, 0.29) is 30.5 Å². The van der Waals surface area contributed by atoms with Crippen molar-refractivity contribution in [1.29, 1.82) is 0 Å². The number of halogens is 1. The SMILES string of the molecule is Cl.NC[C@H]1CC[C@@H](C(=O)NCCCCC2CCCC2)O1. The number of ether oxygens (including phenoxy) is 1. The molecule has 1 aliphatic heterocycles. The first-order valence-electron chi connectivity index (χ1n) is 7.93. The van der Waals surface area contributed by atoms with Crippen molar-refractivity contribution in [3.05, 3.63) is 0 Å². The first kappa shape index (κ1) is 17.7. The van der Waals surface area contributed by atoms with Crippen LogP contribution in [0.4, 0.5) is 0 Å². The Kier molecular flexibility index (Phi) is 8.50. The number of rotatable bonds is 7. The van der Waals surface area contributed by atoms with Crippen LogP contribution in [0.3, 0.4) is 0 Å². The van der Waals surface area contributed by atoms with Gasteiger partial charge in [-0.2, -0.15) is 0 Å². The number of hydrogen-bond acceptors (Lipinski definition) is 3. The van der Waals surface area contributed by atoms with Crippen LogP contribution in [0.1, 0.15) is 57.8 Å². The van der Waals surface area contributed by atoms with Crippen molar-refractivity contribution in [2.45, 2.75) is 70.0 Å². The zero-order chi connectivity index (χ0) is 13.5. The summed E-state index contributed by atoms with van der Waals surface area (Å²) in [5, 5.41) is 2.99. The zero-order valence-electron chi connectivity index (χ0n) is 12.3. The van der Waals surface area contributed by atoms with Crippen molar-refractivity contribution in [3.63, 3.8) is 0 Å². The third-order valence-electron chi connectivity index (χ3n) is 4.48. The lowest BCUT2D eigenvalue weighted by Gasteiger charge is -2.13. The Labute approximate surface area is 128 Å². The monoisotopic (exact) mass is 304 g/mol. The molecule has 0 aromatic heterocycles. The molecule has 2 atom stereocenters. The molecule has 1 heterocycles. The molecule has 20 heavy (non-hydrogen) atoms. The summed E-state index contributed by atoms with van der Waals surface area (Å²) in [6.07, 6.45) is 10.9. The van der Waals surface area contributed by atoms with Crippen LogP contribution in [0.5, 0.6) is 0 Å². The Balaban J connectivity index is 0.00000200. The molecule has 0 radical (unpaired) electrons. The van der Waals surface area contributed by atoms with Gasteiger partial charge in [-0.1, -0.05) is 38.5 Å². The van der Waals surface area contributed by atoms with Crippen LogP contribution in [-0.2, 0) is 9.53 Å². The topological polar surface area (TPSA) is 64.4 Å². The molecule has 5 heteroatoms. The molecule has 118 valence electrons.